The van der Waals surface area contributed by atoms with E-state index in [0.29, 0.717) is 24.0 Å². The molecule has 0 aliphatic carbocycles. The second-order valence-corrected chi connectivity index (χ2v) is 10.9. The van der Waals surface area contributed by atoms with E-state index in [2.05, 4.69) is 20.9 Å². The van der Waals surface area contributed by atoms with Crippen molar-refractivity contribution in [3.05, 3.63) is 102 Å². The van der Waals surface area contributed by atoms with Gasteiger partial charge < -0.3 is 36.4 Å². The summed E-state index contributed by atoms with van der Waals surface area (Å²) in [6.45, 7) is 0.392. The Bertz CT molecular complexity index is 1480. The average Bonchev–Trinajstić information content (AvgIpc) is 3.56. The van der Waals surface area contributed by atoms with Crippen molar-refractivity contribution in [1.29, 1.82) is 0 Å². The number of rotatable bonds is 14. The number of carbonyl (C=O) groups excluding carboxylic acids is 5. The summed E-state index contributed by atoms with van der Waals surface area (Å²) in [5, 5.41) is 19.2. The van der Waals surface area contributed by atoms with Gasteiger partial charge in [-0.15, -0.1) is 0 Å². The third-order valence-corrected chi connectivity index (χ3v) is 7.51. The highest BCUT2D eigenvalue weighted by Gasteiger charge is 2.40. The zero-order valence-corrected chi connectivity index (χ0v) is 25.2. The van der Waals surface area contributed by atoms with E-state index in [9.17, 15) is 29.1 Å². The third kappa shape index (κ3) is 9.86. The number of hydrogen-bond acceptors (Lipinski definition) is 8. The monoisotopic (exact) mass is 630 g/mol. The Balaban J connectivity index is 1.45. The molecule has 242 valence electrons. The molecule has 5 amide bonds. The Morgan fingerprint density at radius 1 is 0.935 bits per heavy atom. The van der Waals surface area contributed by atoms with Gasteiger partial charge in [-0.2, -0.15) is 0 Å². The first-order valence-corrected chi connectivity index (χ1v) is 15.0. The minimum atomic E-state index is -1.75. The summed E-state index contributed by atoms with van der Waals surface area (Å²) in [5.41, 5.74) is 7.57. The number of nitrogens with one attached hydrogen (secondary N) is 3. The van der Waals surface area contributed by atoms with Crippen LogP contribution in [0.15, 0.2) is 85.2 Å². The van der Waals surface area contributed by atoms with Crippen LogP contribution in [0.3, 0.4) is 0 Å². The van der Waals surface area contributed by atoms with Gasteiger partial charge >= 0.3 is 6.09 Å². The average molecular weight is 631 g/mol. The summed E-state index contributed by atoms with van der Waals surface area (Å²) in [6, 6.07) is 17.9. The van der Waals surface area contributed by atoms with Crippen molar-refractivity contribution in [3.63, 3.8) is 0 Å². The van der Waals surface area contributed by atoms with Gasteiger partial charge in [0.15, 0.2) is 6.10 Å². The van der Waals surface area contributed by atoms with Crippen molar-refractivity contribution in [1.82, 2.24) is 25.8 Å². The quantitative estimate of drug-likeness (QED) is 0.174. The Morgan fingerprint density at radius 3 is 2.26 bits per heavy atom. The van der Waals surface area contributed by atoms with Crippen LogP contribution in [0.5, 0.6) is 0 Å². The molecule has 4 rings (SSSR count). The van der Waals surface area contributed by atoms with Crippen molar-refractivity contribution in [2.24, 2.45) is 5.73 Å². The number of aliphatic hydroxyl groups is 1. The minimum Gasteiger partial charge on any atom is -0.445 e. The summed E-state index contributed by atoms with van der Waals surface area (Å²) in [4.78, 5) is 69.8. The number of nitrogens with two attached hydrogens (primary N) is 1. The number of aliphatic hydroxyl groups excluding tert-OH is 1. The molecule has 4 atom stereocenters. The molecule has 0 radical (unpaired) electrons. The van der Waals surface area contributed by atoms with Gasteiger partial charge in [-0.1, -0.05) is 66.7 Å². The van der Waals surface area contributed by atoms with E-state index >= 15 is 0 Å². The fourth-order valence-electron chi connectivity index (χ4n) is 5.17. The van der Waals surface area contributed by atoms with Crippen molar-refractivity contribution < 1.29 is 33.8 Å². The smallest absolute Gasteiger partial charge is 0.408 e. The zero-order valence-electron chi connectivity index (χ0n) is 25.2. The van der Waals surface area contributed by atoms with Gasteiger partial charge in [-0.05, 0) is 42.0 Å². The largest absolute Gasteiger partial charge is 0.445 e. The number of pyridine rings is 1. The topological polar surface area (TPSA) is 193 Å². The Morgan fingerprint density at radius 2 is 1.61 bits per heavy atom. The van der Waals surface area contributed by atoms with Crippen LogP contribution >= 0.6 is 0 Å². The van der Waals surface area contributed by atoms with E-state index in [-0.39, 0.29) is 32.0 Å². The summed E-state index contributed by atoms with van der Waals surface area (Å²) in [6.07, 6.45) is 0.971. The molecule has 0 saturated carbocycles. The number of carbonyl (C=O) groups is 5. The second kappa shape index (κ2) is 16.7. The SMILES string of the molecule is NC(=O)C[C@H](NC(=O)OCc1ccccc1)C(=O)N[C@@H](Cc1ccccc1)[C@H](O)C(=O)N1CCC[C@H]1C(=O)NCc1cccnc1. The van der Waals surface area contributed by atoms with Gasteiger partial charge in [-0.25, -0.2) is 4.79 Å². The number of nitrogens with zero attached hydrogens (tertiary/aromatic N) is 2. The highest BCUT2D eigenvalue weighted by atomic mass is 16.5. The van der Waals surface area contributed by atoms with Gasteiger partial charge in [0.05, 0.1) is 12.5 Å². The van der Waals surface area contributed by atoms with Crippen LogP contribution in [0.1, 0.15) is 36.0 Å². The van der Waals surface area contributed by atoms with Gasteiger partial charge in [0.2, 0.25) is 17.7 Å². The summed E-state index contributed by atoms with van der Waals surface area (Å²) in [5.74, 6) is -2.82. The number of aromatic nitrogens is 1. The van der Waals surface area contributed by atoms with Crippen LogP contribution in [0, 0.1) is 0 Å². The Kier molecular flexibility index (Phi) is 12.2. The van der Waals surface area contributed by atoms with Gasteiger partial charge in [0, 0.05) is 25.5 Å². The van der Waals surface area contributed by atoms with Gasteiger partial charge in [0.25, 0.3) is 5.91 Å². The molecule has 3 aromatic rings. The highest BCUT2D eigenvalue weighted by molar-refractivity contribution is 5.93. The number of primary amides is 1. The van der Waals surface area contributed by atoms with E-state index in [1.165, 1.54) is 4.90 Å². The molecule has 1 aliphatic heterocycles. The zero-order chi connectivity index (χ0) is 32.9. The molecule has 13 nitrogen and oxygen atoms in total. The number of hydrogen-bond donors (Lipinski definition) is 5. The molecule has 1 aliphatic rings. The predicted octanol–water partition coefficient (Wildman–Crippen LogP) is 0.948. The summed E-state index contributed by atoms with van der Waals surface area (Å²) < 4.78 is 5.19. The van der Waals surface area contributed by atoms with Crippen molar-refractivity contribution in [2.45, 2.75) is 63.1 Å². The molecule has 1 aromatic heterocycles. The fraction of sp³-hybridized carbons (Fsp3) is 0.333. The summed E-state index contributed by atoms with van der Waals surface area (Å²) >= 11 is 0. The molecule has 2 heterocycles. The first-order chi connectivity index (χ1) is 22.2. The first kappa shape index (κ1) is 33.6. The predicted molar refractivity (Wildman–Crippen MR) is 166 cm³/mol. The van der Waals surface area contributed by atoms with Crippen LogP contribution < -0.4 is 21.7 Å². The molecule has 1 fully saturated rings. The van der Waals surface area contributed by atoms with E-state index in [1.807, 2.05) is 12.1 Å². The maximum absolute atomic E-state index is 13.7. The molecule has 1 saturated heterocycles. The number of ether oxygens (including phenoxy) is 1. The van der Waals surface area contributed by atoms with Crippen LogP contribution in [-0.4, -0.2) is 75.5 Å². The normalized spacial score (nSPS) is 16.0. The van der Waals surface area contributed by atoms with Crippen LogP contribution in [0.4, 0.5) is 4.79 Å². The Labute approximate surface area is 266 Å². The van der Waals surface area contributed by atoms with E-state index in [4.69, 9.17) is 10.5 Å². The van der Waals surface area contributed by atoms with Crippen molar-refractivity contribution in [3.8, 4) is 0 Å². The lowest BCUT2D eigenvalue weighted by Gasteiger charge is -2.31. The molecular formula is C33H38N6O7. The lowest BCUT2D eigenvalue weighted by molar-refractivity contribution is -0.147. The molecule has 13 heteroatoms. The maximum Gasteiger partial charge on any atom is 0.408 e. The first-order valence-electron chi connectivity index (χ1n) is 15.0. The molecule has 6 N–H and O–H groups in total. The number of alkyl carbamates (subject to hydrolysis) is 1. The molecular weight excluding hydrogens is 592 g/mol. The van der Waals surface area contributed by atoms with Crippen LogP contribution in [0.2, 0.25) is 0 Å². The number of benzene rings is 2. The maximum atomic E-state index is 13.7. The van der Waals surface area contributed by atoms with E-state index in [0.717, 1.165) is 5.56 Å². The van der Waals surface area contributed by atoms with E-state index < -0.39 is 54.5 Å². The van der Waals surface area contributed by atoms with Crippen molar-refractivity contribution >= 4 is 29.7 Å². The van der Waals surface area contributed by atoms with Crippen LogP contribution in [-0.2, 0) is 43.5 Å². The highest BCUT2D eigenvalue weighted by Crippen LogP contribution is 2.20. The van der Waals surface area contributed by atoms with E-state index in [1.54, 1.807) is 73.1 Å². The molecule has 0 spiro atoms. The third-order valence-electron chi connectivity index (χ3n) is 7.51. The van der Waals surface area contributed by atoms with Crippen molar-refractivity contribution in [2.75, 3.05) is 6.54 Å². The Hall–Kier alpha value is -5.30. The standard InChI is InChI=1S/C33H38N6O7/c34-28(40)18-26(38-33(45)46-21-23-11-5-2-6-12-23)30(42)37-25(17-22-9-3-1-4-10-22)29(41)32(44)39-16-8-14-27(39)31(43)36-20-24-13-7-15-35-19-24/h1-7,9-13,15,19,25-27,29,41H,8,14,16-18,20-21H2,(H2,34,40)(H,36,43)(H,37,42)(H,38,45)/t25-,26-,27-,29-/m0/s1. The lowest BCUT2D eigenvalue weighted by atomic mass is 9.99. The molecule has 46 heavy (non-hydrogen) atoms. The minimum absolute atomic E-state index is 0.0347. The summed E-state index contributed by atoms with van der Waals surface area (Å²) in [7, 11) is 0. The fourth-order valence-corrected chi connectivity index (χ4v) is 5.17. The number of amides is 5. The van der Waals surface area contributed by atoms with Gasteiger partial charge in [0.1, 0.15) is 18.7 Å². The molecule has 0 bridgehead atoms. The van der Waals surface area contributed by atoms with Crippen LogP contribution in [0.25, 0.3) is 0 Å². The molecule has 0 unspecified atom stereocenters. The molecule has 2 aromatic carbocycles. The lowest BCUT2D eigenvalue weighted by Crippen LogP contribution is -2.58. The second-order valence-electron chi connectivity index (χ2n) is 10.9. The number of likely N-dealkylation sites (tertiary alicyclic amines) is 1. The van der Waals surface area contributed by atoms with Gasteiger partial charge in [-0.3, -0.25) is 24.2 Å².